The van der Waals surface area contributed by atoms with Gasteiger partial charge in [-0.2, -0.15) is 0 Å². The monoisotopic (exact) mass is 312 g/mol. The molecule has 1 aromatic carbocycles. The van der Waals surface area contributed by atoms with Gasteiger partial charge in [0.25, 0.3) is 0 Å². The summed E-state index contributed by atoms with van der Waals surface area (Å²) in [6.45, 7) is 3.67. The predicted octanol–water partition coefficient (Wildman–Crippen LogP) is 2.43. The second-order valence-corrected chi connectivity index (χ2v) is 5.53. The second kappa shape index (κ2) is 9.03. The van der Waals surface area contributed by atoms with Crippen LogP contribution in [0.15, 0.2) is 30.3 Å². The van der Waals surface area contributed by atoms with Crippen LogP contribution in [0.5, 0.6) is 0 Å². The fourth-order valence-corrected chi connectivity index (χ4v) is 2.66. The summed E-state index contributed by atoms with van der Waals surface area (Å²) in [6.07, 6.45) is 2.37. The average molecular weight is 313 g/mol. The van der Waals surface area contributed by atoms with Crippen molar-refractivity contribution in [3.05, 3.63) is 35.9 Å². The number of carbonyl (C=O) groups excluding carboxylic acids is 1. The highest BCUT2D eigenvalue weighted by atomic mass is 35.5. The summed E-state index contributed by atoms with van der Waals surface area (Å²) in [4.78, 5) is 12.1. The molecule has 1 heterocycles. The number of amides is 1. The molecule has 0 bridgehead atoms. The van der Waals surface area contributed by atoms with Crippen LogP contribution in [0.25, 0.3) is 0 Å². The molecule has 2 atom stereocenters. The molecule has 21 heavy (non-hydrogen) atoms. The van der Waals surface area contributed by atoms with E-state index in [1.165, 1.54) is 0 Å². The molecule has 0 aliphatic carbocycles. The first kappa shape index (κ1) is 18.0. The van der Waals surface area contributed by atoms with Crippen molar-refractivity contribution in [2.75, 3.05) is 13.2 Å². The van der Waals surface area contributed by atoms with E-state index in [4.69, 9.17) is 10.5 Å². The Labute approximate surface area is 132 Å². The zero-order valence-electron chi connectivity index (χ0n) is 12.5. The number of hydrogen-bond donors (Lipinski definition) is 2. The maximum atomic E-state index is 12.1. The summed E-state index contributed by atoms with van der Waals surface area (Å²) in [5, 5.41) is 3.08. The van der Waals surface area contributed by atoms with E-state index in [1.54, 1.807) is 0 Å². The van der Waals surface area contributed by atoms with Crippen molar-refractivity contribution in [2.24, 2.45) is 11.7 Å². The minimum absolute atomic E-state index is 0. The summed E-state index contributed by atoms with van der Waals surface area (Å²) in [5.41, 5.74) is 7.07. The highest BCUT2D eigenvalue weighted by Crippen LogP contribution is 2.19. The Morgan fingerprint density at radius 1 is 1.33 bits per heavy atom. The maximum absolute atomic E-state index is 12.1. The van der Waals surface area contributed by atoms with E-state index in [9.17, 15) is 4.79 Å². The van der Waals surface area contributed by atoms with Crippen molar-refractivity contribution in [1.82, 2.24) is 5.32 Å². The highest BCUT2D eigenvalue weighted by molar-refractivity contribution is 5.85. The molecule has 1 aliphatic heterocycles. The van der Waals surface area contributed by atoms with Crippen molar-refractivity contribution >= 4 is 18.3 Å². The number of carbonyl (C=O) groups is 1. The van der Waals surface area contributed by atoms with E-state index >= 15 is 0 Å². The van der Waals surface area contributed by atoms with Gasteiger partial charge < -0.3 is 15.8 Å². The number of halogens is 1. The zero-order chi connectivity index (χ0) is 14.4. The fourth-order valence-electron chi connectivity index (χ4n) is 2.66. The molecule has 0 spiro atoms. The van der Waals surface area contributed by atoms with Crippen molar-refractivity contribution in [2.45, 2.75) is 38.3 Å². The maximum Gasteiger partial charge on any atom is 0.222 e. The molecule has 0 aromatic heterocycles. The topological polar surface area (TPSA) is 64.4 Å². The summed E-state index contributed by atoms with van der Waals surface area (Å²) in [7, 11) is 0. The van der Waals surface area contributed by atoms with Gasteiger partial charge in [-0.15, -0.1) is 12.4 Å². The van der Waals surface area contributed by atoms with Crippen LogP contribution in [0.3, 0.4) is 0 Å². The van der Waals surface area contributed by atoms with Gasteiger partial charge >= 0.3 is 0 Å². The third-order valence-corrected chi connectivity index (χ3v) is 3.99. The molecule has 1 aliphatic rings. The van der Waals surface area contributed by atoms with Gasteiger partial charge in [-0.3, -0.25) is 4.79 Å². The summed E-state index contributed by atoms with van der Waals surface area (Å²) >= 11 is 0. The van der Waals surface area contributed by atoms with Gasteiger partial charge in [-0.25, -0.2) is 0 Å². The SMILES string of the molecule is CC(NC(=O)CC(N)c1ccccc1)C1CCOCC1.Cl. The molecule has 2 unspecified atom stereocenters. The van der Waals surface area contributed by atoms with E-state index in [2.05, 4.69) is 12.2 Å². The molecular formula is C16H25ClN2O2. The fraction of sp³-hybridized carbons (Fsp3) is 0.562. The average Bonchev–Trinajstić information content (AvgIpc) is 2.49. The third kappa shape index (κ3) is 5.65. The van der Waals surface area contributed by atoms with Crippen LogP contribution in [0.1, 0.15) is 37.8 Å². The van der Waals surface area contributed by atoms with Crippen molar-refractivity contribution in [1.29, 1.82) is 0 Å². The lowest BCUT2D eigenvalue weighted by Crippen LogP contribution is -2.41. The summed E-state index contributed by atoms with van der Waals surface area (Å²) < 4.78 is 5.34. The molecule has 2 rings (SSSR count). The molecular weight excluding hydrogens is 288 g/mol. The van der Waals surface area contributed by atoms with Gasteiger partial charge in [-0.05, 0) is 31.2 Å². The first-order chi connectivity index (χ1) is 9.66. The Bertz CT molecular complexity index is 422. The zero-order valence-corrected chi connectivity index (χ0v) is 13.3. The van der Waals surface area contributed by atoms with Gasteiger partial charge in [0.05, 0.1) is 0 Å². The van der Waals surface area contributed by atoms with E-state index in [1.807, 2.05) is 30.3 Å². The van der Waals surface area contributed by atoms with Crippen LogP contribution in [0.4, 0.5) is 0 Å². The van der Waals surface area contributed by atoms with E-state index in [0.717, 1.165) is 31.6 Å². The predicted molar refractivity (Wildman–Crippen MR) is 86.4 cm³/mol. The van der Waals surface area contributed by atoms with Gasteiger partial charge in [0.15, 0.2) is 0 Å². The highest BCUT2D eigenvalue weighted by Gasteiger charge is 2.22. The lowest BCUT2D eigenvalue weighted by atomic mass is 9.92. The van der Waals surface area contributed by atoms with E-state index in [0.29, 0.717) is 12.3 Å². The molecule has 1 saturated heterocycles. The second-order valence-electron chi connectivity index (χ2n) is 5.53. The minimum atomic E-state index is -0.238. The van der Waals surface area contributed by atoms with Gasteiger partial charge in [0.2, 0.25) is 5.91 Å². The molecule has 0 saturated carbocycles. The minimum Gasteiger partial charge on any atom is -0.381 e. The normalized spacial score (nSPS) is 18.4. The molecule has 5 heteroatoms. The standard InChI is InChI=1S/C16H24N2O2.ClH/c1-12(13-7-9-20-10-8-13)18-16(19)11-15(17)14-5-3-2-4-6-14;/h2-6,12-13,15H,7-11,17H2,1H3,(H,18,19);1H. The first-order valence-electron chi connectivity index (χ1n) is 7.34. The number of rotatable bonds is 5. The Morgan fingerprint density at radius 3 is 2.57 bits per heavy atom. The summed E-state index contributed by atoms with van der Waals surface area (Å²) in [6, 6.07) is 9.70. The first-order valence-corrected chi connectivity index (χ1v) is 7.34. The number of ether oxygens (including phenoxy) is 1. The van der Waals surface area contributed by atoms with Gasteiger partial charge in [0.1, 0.15) is 0 Å². The van der Waals surface area contributed by atoms with Crippen LogP contribution in [-0.4, -0.2) is 25.2 Å². The molecule has 1 aromatic rings. The number of hydrogen-bond acceptors (Lipinski definition) is 3. The lowest BCUT2D eigenvalue weighted by molar-refractivity contribution is -0.122. The summed E-state index contributed by atoms with van der Waals surface area (Å²) in [5.74, 6) is 0.543. The van der Waals surface area contributed by atoms with E-state index < -0.39 is 0 Å². The van der Waals surface area contributed by atoms with Crippen LogP contribution in [0, 0.1) is 5.92 Å². The Morgan fingerprint density at radius 2 is 1.95 bits per heavy atom. The van der Waals surface area contributed by atoms with Gasteiger partial charge in [-0.1, -0.05) is 30.3 Å². The van der Waals surface area contributed by atoms with Crippen LogP contribution in [-0.2, 0) is 9.53 Å². The quantitative estimate of drug-likeness (QED) is 0.877. The number of benzene rings is 1. The third-order valence-electron chi connectivity index (χ3n) is 3.99. The smallest absolute Gasteiger partial charge is 0.222 e. The van der Waals surface area contributed by atoms with Gasteiger partial charge in [0, 0.05) is 31.7 Å². The molecule has 4 nitrogen and oxygen atoms in total. The Hall–Kier alpha value is -1.10. The van der Waals surface area contributed by atoms with E-state index in [-0.39, 0.29) is 30.4 Å². The van der Waals surface area contributed by atoms with Crippen molar-refractivity contribution in [3.8, 4) is 0 Å². The molecule has 0 radical (unpaired) electrons. The largest absolute Gasteiger partial charge is 0.381 e. The van der Waals surface area contributed by atoms with Crippen molar-refractivity contribution in [3.63, 3.8) is 0 Å². The Balaban J connectivity index is 0.00000220. The molecule has 3 N–H and O–H groups in total. The molecule has 1 fully saturated rings. The number of nitrogens with two attached hydrogens (primary N) is 1. The lowest BCUT2D eigenvalue weighted by Gasteiger charge is -2.28. The van der Waals surface area contributed by atoms with Crippen LogP contribution in [0.2, 0.25) is 0 Å². The number of nitrogens with one attached hydrogen (secondary N) is 1. The molecule has 118 valence electrons. The van der Waals surface area contributed by atoms with Crippen molar-refractivity contribution < 1.29 is 9.53 Å². The Kier molecular flexibility index (Phi) is 7.72. The van der Waals surface area contributed by atoms with Crippen LogP contribution >= 0.6 is 12.4 Å². The van der Waals surface area contributed by atoms with Crippen LogP contribution < -0.4 is 11.1 Å². The molecule has 1 amide bonds.